The first-order chi connectivity index (χ1) is 26.4. The van der Waals surface area contributed by atoms with Crippen molar-refractivity contribution in [1.82, 2.24) is 35.7 Å². The zero-order chi connectivity index (χ0) is 38.6. The number of benzene rings is 2. The number of nitrogens with one attached hydrogen (secondary N) is 3. The molecule has 1 fully saturated rings. The molecule has 2 aromatic heterocycles. The van der Waals surface area contributed by atoms with Gasteiger partial charge in [-0.05, 0) is 38.5 Å². The van der Waals surface area contributed by atoms with Gasteiger partial charge >= 0.3 is 5.97 Å². The summed E-state index contributed by atoms with van der Waals surface area (Å²) in [7, 11) is 1.59. The fraction of sp³-hybridized carbons (Fsp3) is 0.278. The van der Waals surface area contributed by atoms with Gasteiger partial charge in [-0.3, -0.25) is 19.5 Å². The van der Waals surface area contributed by atoms with Crippen LogP contribution in [-0.2, 0) is 29.6 Å². The van der Waals surface area contributed by atoms with Gasteiger partial charge in [-0.2, -0.15) is 0 Å². The third kappa shape index (κ3) is 6.71. The number of nitrogens with zero attached hydrogens (tertiary/aromatic N) is 6. The lowest BCUT2D eigenvalue weighted by atomic mass is 9.95. The van der Waals surface area contributed by atoms with Gasteiger partial charge in [-0.15, -0.1) is 40.4 Å². The summed E-state index contributed by atoms with van der Waals surface area (Å²) in [4.78, 5) is 60.0. The smallest absolute Gasteiger partial charge is 0.352 e. The molecule has 2 amide bonds. The molecule has 16 nitrogen and oxygen atoms in total. The Morgan fingerprint density at radius 1 is 1.20 bits per heavy atom. The third-order valence-electron chi connectivity index (χ3n) is 9.31. The average Bonchev–Trinajstić information content (AvgIpc) is 3.88. The summed E-state index contributed by atoms with van der Waals surface area (Å²) >= 11 is 3.93. The Hall–Kier alpha value is -5.34. The van der Waals surface area contributed by atoms with Gasteiger partial charge in [0.15, 0.2) is 22.3 Å². The van der Waals surface area contributed by atoms with Crippen LogP contribution in [0.3, 0.4) is 0 Å². The highest BCUT2D eigenvalue weighted by molar-refractivity contribution is 8.03. The molecule has 6 heterocycles. The molecule has 19 heteroatoms. The summed E-state index contributed by atoms with van der Waals surface area (Å²) in [6.45, 7) is 5.87. The minimum absolute atomic E-state index is 0.0860. The summed E-state index contributed by atoms with van der Waals surface area (Å²) < 4.78 is 5.22. The maximum absolute atomic E-state index is 13.9. The van der Waals surface area contributed by atoms with Crippen LogP contribution in [0.4, 0.5) is 5.13 Å². The number of oxime groups is 1. The predicted molar refractivity (Wildman–Crippen MR) is 213 cm³/mol. The van der Waals surface area contributed by atoms with Crippen molar-refractivity contribution in [2.75, 3.05) is 31.1 Å². The van der Waals surface area contributed by atoms with Crippen LogP contribution in [0.2, 0.25) is 0 Å². The third-order valence-corrected chi connectivity index (χ3v) is 12.4. The number of thioether (sulfide) groups is 2. The fourth-order valence-corrected chi connectivity index (χ4v) is 9.87. The molecule has 1 unspecified atom stereocenters. The van der Waals surface area contributed by atoms with Crippen molar-refractivity contribution in [2.24, 2.45) is 10.1 Å². The number of nitrogen functional groups attached to an aromatic ring is 1. The van der Waals surface area contributed by atoms with E-state index >= 15 is 0 Å². The molecule has 4 aliphatic rings. The molecule has 8 rings (SSSR count). The Morgan fingerprint density at radius 2 is 2.00 bits per heavy atom. The summed E-state index contributed by atoms with van der Waals surface area (Å²) in [6, 6.07) is 12.9. The van der Waals surface area contributed by atoms with Crippen molar-refractivity contribution in [3.8, 4) is 0 Å². The molecular weight excluding hydrogens is 765 g/mol. The van der Waals surface area contributed by atoms with Crippen molar-refractivity contribution < 1.29 is 29.1 Å². The summed E-state index contributed by atoms with van der Waals surface area (Å²) in [5.41, 5.74) is 12.1. The van der Waals surface area contributed by atoms with Gasteiger partial charge in [0.2, 0.25) is 0 Å². The van der Waals surface area contributed by atoms with E-state index in [1.54, 1.807) is 22.5 Å². The van der Waals surface area contributed by atoms with Crippen LogP contribution >= 0.6 is 34.9 Å². The number of amides is 2. The molecule has 284 valence electrons. The van der Waals surface area contributed by atoms with Gasteiger partial charge in [0.05, 0.1) is 16.7 Å². The van der Waals surface area contributed by atoms with Crippen LogP contribution in [0.15, 0.2) is 92.4 Å². The van der Waals surface area contributed by atoms with Crippen molar-refractivity contribution in [3.05, 3.63) is 93.5 Å². The molecule has 1 saturated heterocycles. The molecule has 2 atom stereocenters. The fourth-order valence-electron chi connectivity index (χ4n) is 6.76. The number of anilines is 1. The standard InChI is InChI=1S/C36H36N10O6S3/c1-18-12-26(46-25(38-18)13-44(43-46)17-51-4)53-14-19-15-54-33-29(32(48)45(33)30(19)34(49)50)41-31(47)28(24-16-55-35(37)40-24)42-52-36(2,3)22-10-7-9-21-20-8-5-6-11-23(20)39-27(21)22/h5-13,16,29,33,39,43H,14-15,17H2,1-4H3,(H2,37,40)(H,41,47)(H,49,50)/b42-28+/t29?,33-/m1/s1. The predicted octanol–water partition coefficient (Wildman–Crippen LogP) is 4.24. The lowest BCUT2D eigenvalue weighted by Gasteiger charge is -2.49. The van der Waals surface area contributed by atoms with Gasteiger partial charge in [0.25, 0.3) is 11.8 Å². The molecule has 2 aromatic carbocycles. The number of thiazole rings is 1. The number of β-lactam (4-membered cyclic amide) rings is 1. The maximum atomic E-state index is 13.9. The summed E-state index contributed by atoms with van der Waals surface area (Å²) in [5.74, 6) is -1.17. The van der Waals surface area contributed by atoms with Gasteiger partial charge in [0, 0.05) is 51.6 Å². The number of aromatic amines is 1. The molecule has 0 saturated carbocycles. The number of rotatable bonds is 12. The number of nitrogens with two attached hydrogens (primary N) is 1. The maximum Gasteiger partial charge on any atom is 0.352 e. The van der Waals surface area contributed by atoms with E-state index in [-0.39, 0.29) is 22.2 Å². The molecule has 4 aliphatic heterocycles. The minimum atomic E-state index is -1.22. The van der Waals surface area contributed by atoms with E-state index in [0.717, 1.165) is 49.4 Å². The highest BCUT2D eigenvalue weighted by Gasteiger charge is 2.54. The number of aliphatic imine (C=N–C) groups is 1. The van der Waals surface area contributed by atoms with Crippen molar-refractivity contribution in [1.29, 1.82) is 0 Å². The number of hydrogen-bond acceptors (Lipinski definition) is 15. The van der Waals surface area contributed by atoms with Crippen LogP contribution in [0.5, 0.6) is 0 Å². The van der Waals surface area contributed by atoms with Crippen LogP contribution in [0.1, 0.15) is 32.0 Å². The Balaban J connectivity index is 0.998. The lowest BCUT2D eigenvalue weighted by molar-refractivity contribution is -0.150. The second kappa shape index (κ2) is 14.4. The first-order valence-corrected chi connectivity index (χ1v) is 20.0. The number of methoxy groups -OCH3 is 1. The molecule has 0 aliphatic carbocycles. The van der Waals surface area contributed by atoms with Gasteiger partial charge in [-0.1, -0.05) is 41.6 Å². The van der Waals surface area contributed by atoms with E-state index < -0.39 is 34.8 Å². The number of carboxylic acids is 1. The normalized spacial score (nSPS) is 19.9. The first kappa shape index (κ1) is 36.6. The largest absolute Gasteiger partial charge is 0.477 e. The van der Waals surface area contributed by atoms with Crippen LogP contribution in [0.25, 0.3) is 21.8 Å². The zero-order valence-corrected chi connectivity index (χ0v) is 32.5. The number of carbonyl (C=O) groups excluding carboxylic acids is 2. The first-order valence-electron chi connectivity index (χ1n) is 17.1. The number of H-pyrrole nitrogens is 1. The van der Waals surface area contributed by atoms with E-state index in [4.69, 9.17) is 15.3 Å². The Morgan fingerprint density at radius 3 is 2.76 bits per heavy atom. The quantitative estimate of drug-likeness (QED) is 0.0774. The Kier molecular flexibility index (Phi) is 9.58. The van der Waals surface area contributed by atoms with E-state index in [1.165, 1.54) is 28.4 Å². The summed E-state index contributed by atoms with van der Waals surface area (Å²) in [6.07, 6.45) is 3.71. The number of carboxylic acid groups (broad SMARTS) is 1. The SMILES string of the molecule is COCN1C=C2N=C(C)C=C(SCC3=C(C(=O)O)N4C(=O)C(NC(=O)/C(=N/OC(C)(C)c5cccc6c5[nH]c5ccccc56)c5csc(N)n5)[C@H]4SC3)N2N1. The van der Waals surface area contributed by atoms with Crippen LogP contribution in [-0.4, -0.2) is 96.0 Å². The number of aromatic nitrogens is 2. The monoisotopic (exact) mass is 800 g/mol. The highest BCUT2D eigenvalue weighted by Crippen LogP contribution is 2.42. The van der Waals surface area contributed by atoms with Gasteiger partial charge in [-0.25, -0.2) is 19.8 Å². The number of aliphatic carboxylic acids is 1. The lowest BCUT2D eigenvalue weighted by Crippen LogP contribution is -2.71. The summed E-state index contributed by atoms with van der Waals surface area (Å²) in [5, 5.41) is 25.0. The molecule has 0 bridgehead atoms. The highest BCUT2D eigenvalue weighted by atomic mass is 32.2. The molecule has 55 heavy (non-hydrogen) atoms. The zero-order valence-electron chi connectivity index (χ0n) is 30.0. The average molecular weight is 801 g/mol. The number of fused-ring (bicyclic) bond motifs is 5. The van der Waals surface area contributed by atoms with Crippen molar-refractivity contribution in [2.45, 2.75) is 37.8 Å². The number of ether oxygens (including phenoxy) is 1. The molecule has 0 radical (unpaired) electrons. The van der Waals surface area contributed by atoms with Crippen molar-refractivity contribution in [3.63, 3.8) is 0 Å². The number of hydrogen-bond donors (Lipinski definition) is 5. The number of para-hydroxylation sites is 2. The van der Waals surface area contributed by atoms with Gasteiger partial charge < -0.3 is 30.7 Å². The van der Waals surface area contributed by atoms with E-state index in [1.807, 2.05) is 75.5 Å². The number of allylic oxidation sites excluding steroid dienone is 1. The van der Waals surface area contributed by atoms with E-state index in [9.17, 15) is 19.5 Å². The topological polar surface area (TPSA) is 203 Å². The second-order valence-corrected chi connectivity index (χ2v) is 16.5. The molecule has 4 aromatic rings. The van der Waals surface area contributed by atoms with Crippen LogP contribution < -0.4 is 16.6 Å². The van der Waals surface area contributed by atoms with Crippen LogP contribution in [0, 0.1) is 0 Å². The number of carbonyl (C=O) groups is 3. The molecular formula is C36H36N10O6S3. The van der Waals surface area contributed by atoms with Gasteiger partial charge in [0.1, 0.15) is 29.5 Å². The molecule has 6 N–H and O–H groups in total. The van der Waals surface area contributed by atoms with E-state index in [2.05, 4.69) is 31.0 Å². The van der Waals surface area contributed by atoms with Crippen molar-refractivity contribution >= 4 is 91.0 Å². The second-order valence-electron chi connectivity index (χ2n) is 13.5. The Bertz CT molecular complexity index is 2420. The number of hydrazine groups is 2. The van der Waals surface area contributed by atoms with E-state index in [0.29, 0.717) is 29.6 Å². The Labute approximate surface area is 327 Å². The molecule has 0 spiro atoms. The minimum Gasteiger partial charge on any atom is -0.477 e.